The maximum atomic E-state index is 5.57. The zero-order valence-corrected chi connectivity index (χ0v) is 11.0. The van der Waals surface area contributed by atoms with E-state index in [0.717, 1.165) is 13.1 Å². The van der Waals surface area contributed by atoms with Gasteiger partial charge in [0.15, 0.2) is 0 Å². The van der Waals surface area contributed by atoms with Crippen LogP contribution in [0.2, 0.25) is 0 Å². The summed E-state index contributed by atoms with van der Waals surface area (Å²) in [4.78, 5) is 5.09. The van der Waals surface area contributed by atoms with E-state index in [1.165, 1.54) is 64.8 Å². The largest absolute Gasteiger partial charge is 0.329 e. The van der Waals surface area contributed by atoms with E-state index in [1.807, 2.05) is 0 Å². The molecule has 3 nitrogen and oxygen atoms in total. The summed E-state index contributed by atoms with van der Waals surface area (Å²) in [7, 11) is 0. The molecule has 96 valence electrons. The van der Waals surface area contributed by atoms with Gasteiger partial charge in [0.1, 0.15) is 0 Å². The van der Waals surface area contributed by atoms with Crippen molar-refractivity contribution in [1.29, 1.82) is 0 Å². The molecule has 0 saturated carbocycles. The first-order chi connectivity index (χ1) is 7.86. The van der Waals surface area contributed by atoms with Gasteiger partial charge in [0, 0.05) is 39.3 Å². The number of rotatable bonds is 8. The predicted molar refractivity (Wildman–Crippen MR) is 70.7 cm³/mol. The van der Waals surface area contributed by atoms with Gasteiger partial charge in [-0.25, -0.2) is 0 Å². The van der Waals surface area contributed by atoms with E-state index in [-0.39, 0.29) is 0 Å². The van der Waals surface area contributed by atoms with Crippen LogP contribution in [-0.2, 0) is 0 Å². The fourth-order valence-corrected chi connectivity index (χ4v) is 2.36. The Hall–Kier alpha value is -0.120. The second kappa shape index (κ2) is 8.97. The zero-order valence-electron chi connectivity index (χ0n) is 11.0. The molecule has 0 aromatic rings. The second-order valence-corrected chi connectivity index (χ2v) is 4.89. The molecule has 1 rings (SSSR count). The third kappa shape index (κ3) is 5.83. The van der Waals surface area contributed by atoms with Crippen molar-refractivity contribution in [3.8, 4) is 0 Å². The van der Waals surface area contributed by atoms with Crippen molar-refractivity contribution in [2.24, 2.45) is 5.73 Å². The fourth-order valence-electron chi connectivity index (χ4n) is 2.36. The van der Waals surface area contributed by atoms with Crippen LogP contribution in [-0.4, -0.2) is 55.6 Å². The van der Waals surface area contributed by atoms with Gasteiger partial charge in [-0.2, -0.15) is 0 Å². The standard InChI is InChI=1S/C13H29N3/c1-2-3-4-5-6-8-15-10-12-16(9-7-14)13-11-15/h2-14H2,1H3. The Morgan fingerprint density at radius 1 is 0.812 bits per heavy atom. The van der Waals surface area contributed by atoms with E-state index in [4.69, 9.17) is 5.73 Å². The molecule has 0 amide bonds. The molecule has 0 atom stereocenters. The molecule has 1 fully saturated rings. The lowest BCUT2D eigenvalue weighted by molar-refractivity contribution is 0.133. The van der Waals surface area contributed by atoms with Crippen LogP contribution < -0.4 is 5.73 Å². The lowest BCUT2D eigenvalue weighted by atomic mass is 10.1. The minimum atomic E-state index is 0.803. The molecular weight excluding hydrogens is 198 g/mol. The molecule has 2 N–H and O–H groups in total. The highest BCUT2D eigenvalue weighted by Crippen LogP contribution is 2.06. The summed E-state index contributed by atoms with van der Waals surface area (Å²) in [6.07, 6.45) is 6.97. The van der Waals surface area contributed by atoms with E-state index in [1.54, 1.807) is 0 Å². The highest BCUT2D eigenvalue weighted by Gasteiger charge is 2.14. The van der Waals surface area contributed by atoms with Gasteiger partial charge in [0.05, 0.1) is 0 Å². The van der Waals surface area contributed by atoms with Crippen LogP contribution in [0.3, 0.4) is 0 Å². The maximum Gasteiger partial charge on any atom is 0.0110 e. The smallest absolute Gasteiger partial charge is 0.0110 e. The molecule has 0 spiro atoms. The van der Waals surface area contributed by atoms with Crippen molar-refractivity contribution in [1.82, 2.24) is 9.80 Å². The van der Waals surface area contributed by atoms with Gasteiger partial charge in [-0.05, 0) is 13.0 Å². The topological polar surface area (TPSA) is 32.5 Å². The average molecular weight is 227 g/mol. The zero-order chi connectivity index (χ0) is 11.6. The molecule has 1 heterocycles. The van der Waals surface area contributed by atoms with Gasteiger partial charge < -0.3 is 10.6 Å². The highest BCUT2D eigenvalue weighted by atomic mass is 15.3. The summed E-state index contributed by atoms with van der Waals surface area (Å²) in [6, 6.07) is 0. The van der Waals surface area contributed by atoms with Crippen LogP contribution in [0.15, 0.2) is 0 Å². The van der Waals surface area contributed by atoms with E-state index >= 15 is 0 Å². The van der Waals surface area contributed by atoms with Gasteiger partial charge >= 0.3 is 0 Å². The molecule has 1 aliphatic rings. The van der Waals surface area contributed by atoms with Crippen molar-refractivity contribution < 1.29 is 0 Å². The fraction of sp³-hybridized carbons (Fsp3) is 1.00. The second-order valence-electron chi connectivity index (χ2n) is 4.89. The van der Waals surface area contributed by atoms with Crippen LogP contribution in [0.4, 0.5) is 0 Å². The van der Waals surface area contributed by atoms with Crippen LogP contribution in [0.1, 0.15) is 39.0 Å². The Bertz CT molecular complexity index is 153. The molecule has 16 heavy (non-hydrogen) atoms. The van der Waals surface area contributed by atoms with Crippen molar-refractivity contribution in [2.75, 3.05) is 45.8 Å². The van der Waals surface area contributed by atoms with E-state index in [0.29, 0.717) is 0 Å². The average Bonchev–Trinajstić information content (AvgIpc) is 2.31. The molecule has 0 aliphatic carbocycles. The van der Waals surface area contributed by atoms with Crippen molar-refractivity contribution >= 4 is 0 Å². The number of hydrogen-bond acceptors (Lipinski definition) is 3. The highest BCUT2D eigenvalue weighted by molar-refractivity contribution is 4.71. The third-order valence-electron chi connectivity index (χ3n) is 3.49. The number of nitrogens with zero attached hydrogens (tertiary/aromatic N) is 2. The lowest BCUT2D eigenvalue weighted by Gasteiger charge is -2.34. The van der Waals surface area contributed by atoms with Gasteiger partial charge in [-0.1, -0.05) is 32.6 Å². The quantitative estimate of drug-likeness (QED) is 0.638. The van der Waals surface area contributed by atoms with E-state index in [2.05, 4.69) is 16.7 Å². The molecule has 0 aromatic carbocycles. The molecular formula is C13H29N3. The van der Waals surface area contributed by atoms with Crippen LogP contribution in [0, 0.1) is 0 Å². The van der Waals surface area contributed by atoms with Crippen LogP contribution in [0.25, 0.3) is 0 Å². The Morgan fingerprint density at radius 3 is 1.94 bits per heavy atom. The van der Waals surface area contributed by atoms with Gasteiger partial charge in [0.25, 0.3) is 0 Å². The summed E-state index contributed by atoms with van der Waals surface area (Å²) in [6.45, 7) is 10.4. The number of nitrogens with two attached hydrogens (primary N) is 1. The first-order valence-corrected chi connectivity index (χ1v) is 7.01. The summed E-state index contributed by atoms with van der Waals surface area (Å²) < 4.78 is 0. The maximum absolute atomic E-state index is 5.57. The molecule has 0 radical (unpaired) electrons. The third-order valence-corrected chi connectivity index (χ3v) is 3.49. The van der Waals surface area contributed by atoms with Gasteiger partial charge in [-0.15, -0.1) is 0 Å². The Balaban J connectivity index is 1.95. The molecule has 0 aromatic heterocycles. The van der Waals surface area contributed by atoms with Crippen molar-refractivity contribution in [2.45, 2.75) is 39.0 Å². The van der Waals surface area contributed by atoms with Crippen LogP contribution >= 0.6 is 0 Å². The summed E-state index contributed by atoms with van der Waals surface area (Å²) in [5, 5.41) is 0. The number of piperazine rings is 1. The van der Waals surface area contributed by atoms with Crippen molar-refractivity contribution in [3.05, 3.63) is 0 Å². The number of unbranched alkanes of at least 4 members (excludes halogenated alkanes) is 4. The molecule has 0 bridgehead atoms. The van der Waals surface area contributed by atoms with E-state index in [9.17, 15) is 0 Å². The predicted octanol–water partition coefficient (Wildman–Crippen LogP) is 1.53. The number of hydrogen-bond donors (Lipinski definition) is 1. The Morgan fingerprint density at radius 2 is 1.38 bits per heavy atom. The summed E-state index contributed by atoms with van der Waals surface area (Å²) >= 11 is 0. The Labute approximate surface area is 101 Å². The molecule has 1 aliphatic heterocycles. The molecule has 1 saturated heterocycles. The van der Waals surface area contributed by atoms with Crippen LogP contribution in [0.5, 0.6) is 0 Å². The Kier molecular flexibility index (Phi) is 7.81. The SMILES string of the molecule is CCCCCCCN1CCN(CCN)CC1. The summed E-state index contributed by atoms with van der Waals surface area (Å²) in [5.74, 6) is 0. The lowest BCUT2D eigenvalue weighted by Crippen LogP contribution is -2.47. The minimum absolute atomic E-state index is 0.803. The molecule has 3 heteroatoms. The van der Waals surface area contributed by atoms with Crippen molar-refractivity contribution in [3.63, 3.8) is 0 Å². The van der Waals surface area contributed by atoms with Gasteiger partial charge in [0.2, 0.25) is 0 Å². The first-order valence-electron chi connectivity index (χ1n) is 7.01. The van der Waals surface area contributed by atoms with E-state index < -0.39 is 0 Å². The monoisotopic (exact) mass is 227 g/mol. The summed E-state index contributed by atoms with van der Waals surface area (Å²) in [5.41, 5.74) is 5.57. The normalized spacial score (nSPS) is 19.1. The minimum Gasteiger partial charge on any atom is -0.329 e. The molecule has 0 unspecified atom stereocenters. The van der Waals surface area contributed by atoms with Gasteiger partial charge in [-0.3, -0.25) is 4.90 Å². The first kappa shape index (κ1) is 13.9.